The molecule has 0 bridgehead atoms. The van der Waals surface area contributed by atoms with Gasteiger partial charge in [0, 0.05) is 19.8 Å². The van der Waals surface area contributed by atoms with Gasteiger partial charge in [0.1, 0.15) is 0 Å². The highest BCUT2D eigenvalue weighted by Gasteiger charge is 2.23. The zero-order valence-electron chi connectivity index (χ0n) is 12.5. The fraction of sp³-hybridized carbons (Fsp3) is 1.00. The van der Waals surface area contributed by atoms with Gasteiger partial charge in [-0.25, -0.2) is 0 Å². The van der Waals surface area contributed by atoms with E-state index in [2.05, 4.69) is 19.2 Å². The Kier molecular flexibility index (Phi) is 7.87. The Balaban J connectivity index is 1.99. The molecular formula is C15H31NO2. The molecule has 0 aromatic heterocycles. The van der Waals surface area contributed by atoms with Gasteiger partial charge < -0.3 is 14.8 Å². The van der Waals surface area contributed by atoms with Crippen molar-refractivity contribution in [3.05, 3.63) is 0 Å². The van der Waals surface area contributed by atoms with Crippen LogP contribution in [0.15, 0.2) is 0 Å². The lowest BCUT2D eigenvalue weighted by Gasteiger charge is -2.22. The summed E-state index contributed by atoms with van der Waals surface area (Å²) in [4.78, 5) is 0. The number of hydrogen-bond donors (Lipinski definition) is 1. The Morgan fingerprint density at radius 3 is 2.72 bits per heavy atom. The zero-order chi connectivity index (χ0) is 13.3. The first-order chi connectivity index (χ1) is 8.64. The third kappa shape index (κ3) is 7.34. The van der Waals surface area contributed by atoms with Gasteiger partial charge in [0.05, 0.1) is 13.2 Å². The van der Waals surface area contributed by atoms with Crippen LogP contribution < -0.4 is 5.32 Å². The first-order valence-corrected chi connectivity index (χ1v) is 7.44. The molecule has 0 spiro atoms. The minimum atomic E-state index is 0.555. The Labute approximate surface area is 113 Å². The zero-order valence-corrected chi connectivity index (χ0v) is 12.5. The summed E-state index contributed by atoms with van der Waals surface area (Å²) >= 11 is 0. The van der Waals surface area contributed by atoms with E-state index in [1.54, 1.807) is 7.11 Å². The van der Waals surface area contributed by atoms with Crippen LogP contribution in [0, 0.1) is 5.41 Å². The van der Waals surface area contributed by atoms with E-state index in [9.17, 15) is 0 Å². The van der Waals surface area contributed by atoms with Gasteiger partial charge in [0.15, 0.2) is 0 Å². The molecule has 3 heteroatoms. The van der Waals surface area contributed by atoms with Crippen LogP contribution in [0.4, 0.5) is 0 Å². The lowest BCUT2D eigenvalue weighted by molar-refractivity contribution is 0.0692. The largest absolute Gasteiger partial charge is 0.382 e. The van der Waals surface area contributed by atoms with Gasteiger partial charge in [-0.3, -0.25) is 0 Å². The van der Waals surface area contributed by atoms with Crippen molar-refractivity contribution in [2.75, 3.05) is 33.5 Å². The maximum Gasteiger partial charge on any atom is 0.0700 e. The van der Waals surface area contributed by atoms with Crippen molar-refractivity contribution in [3.63, 3.8) is 0 Å². The van der Waals surface area contributed by atoms with Gasteiger partial charge in [0.25, 0.3) is 0 Å². The molecule has 0 radical (unpaired) electrons. The number of hydrogen-bond acceptors (Lipinski definition) is 3. The quantitative estimate of drug-likeness (QED) is 0.535. The fourth-order valence-corrected chi connectivity index (χ4v) is 2.59. The number of nitrogens with one attached hydrogen (secondary N) is 1. The van der Waals surface area contributed by atoms with Crippen molar-refractivity contribution in [1.82, 2.24) is 5.32 Å². The average Bonchev–Trinajstić information content (AvgIpc) is 2.50. The van der Waals surface area contributed by atoms with E-state index in [1.165, 1.54) is 32.1 Å². The number of methoxy groups -OCH3 is 1. The summed E-state index contributed by atoms with van der Waals surface area (Å²) in [6, 6.07) is 0.728. The molecule has 0 aliphatic heterocycles. The van der Waals surface area contributed by atoms with E-state index in [0.29, 0.717) is 18.6 Å². The lowest BCUT2D eigenvalue weighted by atomic mass is 9.85. The SMILES string of the molecule is COCCOCCCNC1CCCC(C)(C)CC1. The number of rotatable bonds is 8. The van der Waals surface area contributed by atoms with Gasteiger partial charge in [-0.15, -0.1) is 0 Å². The van der Waals surface area contributed by atoms with Gasteiger partial charge in [-0.05, 0) is 44.1 Å². The molecule has 0 amide bonds. The van der Waals surface area contributed by atoms with E-state index in [-0.39, 0.29) is 0 Å². The van der Waals surface area contributed by atoms with Crippen LogP contribution in [0.25, 0.3) is 0 Å². The topological polar surface area (TPSA) is 30.5 Å². The Morgan fingerprint density at radius 1 is 1.11 bits per heavy atom. The molecule has 0 aromatic carbocycles. The fourth-order valence-electron chi connectivity index (χ4n) is 2.59. The van der Waals surface area contributed by atoms with E-state index in [0.717, 1.165) is 25.6 Å². The van der Waals surface area contributed by atoms with Crippen molar-refractivity contribution in [1.29, 1.82) is 0 Å². The van der Waals surface area contributed by atoms with E-state index in [4.69, 9.17) is 9.47 Å². The lowest BCUT2D eigenvalue weighted by Crippen LogP contribution is -2.30. The molecular weight excluding hydrogens is 226 g/mol. The van der Waals surface area contributed by atoms with Crippen molar-refractivity contribution < 1.29 is 9.47 Å². The molecule has 0 aromatic rings. The summed E-state index contributed by atoms with van der Waals surface area (Å²) in [6.07, 6.45) is 7.88. The standard InChI is InChI=1S/C15H31NO2/c1-15(2)8-4-6-14(7-9-15)16-10-5-11-18-13-12-17-3/h14,16H,4-13H2,1-3H3. The molecule has 1 unspecified atom stereocenters. The van der Waals surface area contributed by atoms with Crippen LogP contribution in [-0.4, -0.2) is 39.5 Å². The molecule has 3 nitrogen and oxygen atoms in total. The summed E-state index contributed by atoms with van der Waals surface area (Å²) in [5, 5.41) is 3.68. The summed E-state index contributed by atoms with van der Waals surface area (Å²) in [5.41, 5.74) is 0.555. The maximum absolute atomic E-state index is 5.46. The Morgan fingerprint density at radius 2 is 1.94 bits per heavy atom. The second kappa shape index (κ2) is 8.89. The predicted molar refractivity (Wildman–Crippen MR) is 76.0 cm³/mol. The van der Waals surface area contributed by atoms with Crippen molar-refractivity contribution >= 4 is 0 Å². The normalized spacial score (nSPS) is 23.8. The van der Waals surface area contributed by atoms with Crippen LogP contribution in [0.3, 0.4) is 0 Å². The minimum absolute atomic E-state index is 0.555. The van der Waals surface area contributed by atoms with Crippen molar-refractivity contribution in [2.24, 2.45) is 5.41 Å². The third-order valence-electron chi connectivity index (χ3n) is 3.91. The van der Waals surface area contributed by atoms with E-state index < -0.39 is 0 Å². The summed E-state index contributed by atoms with van der Waals surface area (Å²) < 4.78 is 10.4. The van der Waals surface area contributed by atoms with E-state index in [1.807, 2.05) is 0 Å². The molecule has 1 saturated carbocycles. The van der Waals surface area contributed by atoms with Gasteiger partial charge in [0.2, 0.25) is 0 Å². The molecule has 1 rings (SSSR count). The molecule has 1 N–H and O–H groups in total. The van der Waals surface area contributed by atoms with Crippen molar-refractivity contribution in [3.8, 4) is 0 Å². The molecule has 108 valence electrons. The molecule has 0 saturated heterocycles. The summed E-state index contributed by atoms with van der Waals surface area (Å²) in [5.74, 6) is 0. The van der Waals surface area contributed by atoms with Gasteiger partial charge in [-0.2, -0.15) is 0 Å². The monoisotopic (exact) mass is 257 g/mol. The first-order valence-electron chi connectivity index (χ1n) is 7.44. The van der Waals surface area contributed by atoms with Crippen LogP contribution in [0.1, 0.15) is 52.4 Å². The second-order valence-electron chi connectivity index (χ2n) is 6.20. The van der Waals surface area contributed by atoms with Crippen LogP contribution in [-0.2, 0) is 9.47 Å². The van der Waals surface area contributed by atoms with Crippen LogP contribution >= 0.6 is 0 Å². The highest BCUT2D eigenvalue weighted by molar-refractivity contribution is 4.79. The highest BCUT2D eigenvalue weighted by Crippen LogP contribution is 2.33. The maximum atomic E-state index is 5.46. The number of ether oxygens (including phenoxy) is 2. The van der Waals surface area contributed by atoms with Crippen molar-refractivity contribution in [2.45, 2.75) is 58.4 Å². The second-order valence-corrected chi connectivity index (χ2v) is 6.20. The first kappa shape index (κ1) is 15.9. The molecule has 1 aliphatic carbocycles. The predicted octanol–water partition coefficient (Wildman–Crippen LogP) is 2.99. The molecule has 1 aliphatic rings. The Bertz CT molecular complexity index is 207. The Hall–Kier alpha value is -0.120. The summed E-state index contributed by atoms with van der Waals surface area (Å²) in [7, 11) is 1.71. The van der Waals surface area contributed by atoms with Gasteiger partial charge >= 0.3 is 0 Å². The molecule has 0 heterocycles. The molecule has 18 heavy (non-hydrogen) atoms. The van der Waals surface area contributed by atoms with Crippen LogP contribution in [0.2, 0.25) is 0 Å². The molecule has 1 atom stereocenters. The smallest absolute Gasteiger partial charge is 0.0700 e. The molecule has 1 fully saturated rings. The third-order valence-corrected chi connectivity index (χ3v) is 3.91. The average molecular weight is 257 g/mol. The van der Waals surface area contributed by atoms with Crippen LogP contribution in [0.5, 0.6) is 0 Å². The van der Waals surface area contributed by atoms with Gasteiger partial charge in [-0.1, -0.05) is 20.3 Å². The summed E-state index contributed by atoms with van der Waals surface area (Å²) in [6.45, 7) is 8.14. The van der Waals surface area contributed by atoms with E-state index >= 15 is 0 Å². The highest BCUT2D eigenvalue weighted by atomic mass is 16.5. The minimum Gasteiger partial charge on any atom is -0.382 e.